The first-order valence-corrected chi connectivity index (χ1v) is 11.6. The van der Waals surface area contributed by atoms with Crippen LogP contribution in [0.3, 0.4) is 0 Å². The van der Waals surface area contributed by atoms with Gasteiger partial charge in [-0.1, -0.05) is 41.0 Å². The maximum Gasteiger partial charge on any atom is 0.263 e. The summed E-state index contributed by atoms with van der Waals surface area (Å²) in [6.07, 6.45) is 4.68. The first-order valence-electron chi connectivity index (χ1n) is 9.01. The van der Waals surface area contributed by atoms with E-state index >= 15 is 0 Å². The fraction of sp³-hybridized carbons (Fsp3) is 0.250. The number of carbonyl (C=O) groups is 1. The lowest BCUT2D eigenvalue weighted by atomic mass is 10.2. The number of hydrogen-bond acceptors (Lipinski definition) is 5. The van der Waals surface area contributed by atoms with Crippen molar-refractivity contribution in [1.82, 2.24) is 9.55 Å². The van der Waals surface area contributed by atoms with Gasteiger partial charge in [-0.2, -0.15) is 0 Å². The van der Waals surface area contributed by atoms with Gasteiger partial charge in [0.05, 0.1) is 21.8 Å². The predicted molar refractivity (Wildman–Crippen MR) is 122 cm³/mol. The molecule has 1 aromatic carbocycles. The van der Waals surface area contributed by atoms with Crippen LogP contribution in [0.5, 0.6) is 0 Å². The number of nitrogens with zero attached hydrogens (tertiary/aromatic N) is 2. The van der Waals surface area contributed by atoms with Crippen LogP contribution >= 0.6 is 46.3 Å². The molecule has 0 atom stereocenters. The maximum absolute atomic E-state index is 13.1. The van der Waals surface area contributed by atoms with Gasteiger partial charge in [0, 0.05) is 16.4 Å². The molecule has 0 aliphatic heterocycles. The highest BCUT2D eigenvalue weighted by Gasteiger charge is 2.23. The van der Waals surface area contributed by atoms with E-state index in [0.29, 0.717) is 27.4 Å². The average Bonchev–Trinajstić information content (AvgIpc) is 3.25. The van der Waals surface area contributed by atoms with Crippen molar-refractivity contribution in [2.45, 2.75) is 31.0 Å². The highest BCUT2D eigenvalue weighted by Crippen LogP contribution is 2.35. The van der Waals surface area contributed by atoms with Crippen molar-refractivity contribution in [3.05, 3.63) is 61.7 Å². The van der Waals surface area contributed by atoms with Gasteiger partial charge >= 0.3 is 0 Å². The molecule has 0 spiro atoms. The Morgan fingerprint density at radius 2 is 2.21 bits per heavy atom. The molecule has 0 fully saturated rings. The second-order valence-corrected chi connectivity index (χ2v) is 9.47. The van der Waals surface area contributed by atoms with Crippen molar-refractivity contribution in [3.63, 3.8) is 0 Å². The molecule has 0 saturated carbocycles. The van der Waals surface area contributed by atoms with Crippen LogP contribution in [-0.2, 0) is 24.2 Å². The average molecular weight is 466 g/mol. The third-order valence-electron chi connectivity index (χ3n) is 4.64. The highest BCUT2D eigenvalue weighted by atomic mass is 35.5. The Hall–Kier alpha value is -1.80. The number of thiophene rings is 1. The minimum Gasteiger partial charge on any atom is -0.324 e. The van der Waals surface area contributed by atoms with Crippen molar-refractivity contribution >= 4 is 68.1 Å². The van der Waals surface area contributed by atoms with E-state index < -0.39 is 0 Å². The molecule has 9 heteroatoms. The van der Waals surface area contributed by atoms with Crippen molar-refractivity contribution in [3.8, 4) is 0 Å². The topological polar surface area (TPSA) is 64.0 Å². The summed E-state index contributed by atoms with van der Waals surface area (Å²) >= 11 is 14.8. The molecule has 0 radical (unpaired) electrons. The molecule has 150 valence electrons. The van der Waals surface area contributed by atoms with Gasteiger partial charge in [0.2, 0.25) is 5.91 Å². The SMILES string of the molecule is C=CCn1c(SCC(=O)Nc2ccc(Cl)cc2Cl)nc2sc3c(c2c1=O)CCC3. The normalized spacial score (nSPS) is 12.9. The highest BCUT2D eigenvalue weighted by molar-refractivity contribution is 7.99. The van der Waals surface area contributed by atoms with Crippen LogP contribution < -0.4 is 10.9 Å². The summed E-state index contributed by atoms with van der Waals surface area (Å²) in [6.45, 7) is 4.09. The quantitative estimate of drug-likeness (QED) is 0.309. The van der Waals surface area contributed by atoms with E-state index in [-0.39, 0.29) is 17.2 Å². The van der Waals surface area contributed by atoms with E-state index in [2.05, 4.69) is 11.9 Å². The van der Waals surface area contributed by atoms with Crippen LogP contribution in [0.2, 0.25) is 10.0 Å². The molecule has 1 aliphatic rings. The van der Waals surface area contributed by atoms with Crippen molar-refractivity contribution in [2.24, 2.45) is 0 Å². The van der Waals surface area contributed by atoms with E-state index in [1.165, 1.54) is 16.6 Å². The standard InChI is InChI=1S/C20H17Cl2N3O2S2/c1-2-8-25-19(27)17-12-4-3-5-15(12)29-18(17)24-20(25)28-10-16(26)23-14-7-6-11(21)9-13(14)22/h2,6-7,9H,1,3-5,8,10H2,(H,23,26). The monoisotopic (exact) mass is 465 g/mol. The molecule has 5 nitrogen and oxygen atoms in total. The lowest BCUT2D eigenvalue weighted by Gasteiger charge is -2.11. The van der Waals surface area contributed by atoms with Gasteiger partial charge < -0.3 is 5.32 Å². The van der Waals surface area contributed by atoms with Gasteiger partial charge in [-0.15, -0.1) is 17.9 Å². The summed E-state index contributed by atoms with van der Waals surface area (Å²) in [6, 6.07) is 4.88. The summed E-state index contributed by atoms with van der Waals surface area (Å²) in [5, 5.41) is 4.86. The molecule has 0 saturated heterocycles. The van der Waals surface area contributed by atoms with Crippen LogP contribution in [0.4, 0.5) is 5.69 Å². The number of fused-ring (bicyclic) bond motifs is 3. The number of hydrogen-bond donors (Lipinski definition) is 1. The molecule has 0 unspecified atom stereocenters. The summed E-state index contributed by atoms with van der Waals surface area (Å²) < 4.78 is 1.59. The summed E-state index contributed by atoms with van der Waals surface area (Å²) in [4.78, 5) is 32.2. The molecule has 4 rings (SSSR count). The van der Waals surface area contributed by atoms with Crippen LogP contribution in [0, 0.1) is 0 Å². The third kappa shape index (κ3) is 4.10. The molecular weight excluding hydrogens is 449 g/mol. The minimum atomic E-state index is -0.243. The summed E-state index contributed by atoms with van der Waals surface area (Å²) in [7, 11) is 0. The van der Waals surface area contributed by atoms with Crippen molar-refractivity contribution < 1.29 is 4.79 Å². The van der Waals surface area contributed by atoms with Crippen molar-refractivity contribution in [1.29, 1.82) is 0 Å². The molecule has 2 aromatic heterocycles. The first kappa shape index (κ1) is 20.5. The third-order valence-corrected chi connectivity index (χ3v) is 7.35. The van der Waals surface area contributed by atoms with Crippen LogP contribution in [0.1, 0.15) is 16.9 Å². The number of carbonyl (C=O) groups excluding carboxylic acids is 1. The number of aryl methyl sites for hydroxylation is 2. The lowest BCUT2D eigenvalue weighted by Crippen LogP contribution is -2.24. The fourth-order valence-electron chi connectivity index (χ4n) is 3.37. The number of amides is 1. The number of nitrogens with one attached hydrogen (secondary N) is 1. The van der Waals surface area contributed by atoms with Gasteiger partial charge in [-0.25, -0.2) is 4.98 Å². The van der Waals surface area contributed by atoms with Gasteiger partial charge in [0.15, 0.2) is 5.16 Å². The Bertz CT molecular complexity index is 1190. The molecule has 0 bridgehead atoms. The fourth-order valence-corrected chi connectivity index (χ4v) is 5.93. The zero-order chi connectivity index (χ0) is 20.5. The molecule has 3 aromatic rings. The van der Waals surface area contributed by atoms with Gasteiger partial charge in [-0.05, 0) is 43.0 Å². The molecule has 1 N–H and O–H groups in total. The minimum absolute atomic E-state index is 0.0575. The number of thioether (sulfide) groups is 1. The number of halogens is 2. The van der Waals surface area contributed by atoms with Crippen LogP contribution in [0.25, 0.3) is 10.2 Å². The van der Waals surface area contributed by atoms with E-state index in [1.54, 1.807) is 40.2 Å². The van der Waals surface area contributed by atoms with E-state index in [0.717, 1.165) is 35.0 Å². The first-order chi connectivity index (χ1) is 14.0. The second-order valence-electron chi connectivity index (χ2n) is 6.60. The van der Waals surface area contributed by atoms with Gasteiger partial charge in [-0.3, -0.25) is 14.2 Å². The Morgan fingerprint density at radius 3 is 2.97 bits per heavy atom. The second kappa shape index (κ2) is 8.52. The number of aromatic nitrogens is 2. The molecule has 1 aliphatic carbocycles. The molecular formula is C20H17Cl2N3O2S2. The molecule has 1 amide bonds. The zero-order valence-corrected chi connectivity index (χ0v) is 18.5. The van der Waals surface area contributed by atoms with E-state index in [9.17, 15) is 9.59 Å². The number of allylic oxidation sites excluding steroid dienone is 1. The van der Waals surface area contributed by atoms with Crippen LogP contribution in [0.15, 0.2) is 40.8 Å². The largest absolute Gasteiger partial charge is 0.324 e. The lowest BCUT2D eigenvalue weighted by molar-refractivity contribution is -0.113. The maximum atomic E-state index is 13.1. The smallest absolute Gasteiger partial charge is 0.263 e. The Kier molecular flexibility index (Phi) is 6.01. The Balaban J connectivity index is 1.58. The number of rotatable bonds is 6. The Morgan fingerprint density at radius 1 is 1.38 bits per heavy atom. The van der Waals surface area contributed by atoms with Crippen molar-refractivity contribution in [2.75, 3.05) is 11.1 Å². The molecule has 29 heavy (non-hydrogen) atoms. The predicted octanol–water partition coefficient (Wildman–Crippen LogP) is 5.17. The summed E-state index contributed by atoms with van der Waals surface area (Å²) in [5.41, 5.74) is 1.58. The van der Waals surface area contributed by atoms with Crippen LogP contribution in [-0.4, -0.2) is 21.2 Å². The zero-order valence-electron chi connectivity index (χ0n) is 15.3. The number of benzene rings is 1. The summed E-state index contributed by atoms with van der Waals surface area (Å²) in [5.74, 6) is -0.147. The van der Waals surface area contributed by atoms with E-state index in [4.69, 9.17) is 28.2 Å². The van der Waals surface area contributed by atoms with Gasteiger partial charge in [0.25, 0.3) is 5.56 Å². The van der Waals surface area contributed by atoms with E-state index in [1.807, 2.05) is 0 Å². The number of anilines is 1. The molecule has 2 heterocycles. The Labute approximate surface area is 185 Å². The van der Waals surface area contributed by atoms with Gasteiger partial charge in [0.1, 0.15) is 4.83 Å².